The largest absolute Gasteiger partial charge is 0.489 e. The molecule has 2 fully saturated rings. The summed E-state index contributed by atoms with van der Waals surface area (Å²) in [7, 11) is -3.56. The van der Waals surface area contributed by atoms with Crippen LogP contribution in [0.1, 0.15) is 41.6 Å². The first-order valence-electron chi connectivity index (χ1n) is 11.4. The molecule has 2 aliphatic rings. The van der Waals surface area contributed by atoms with Crippen LogP contribution in [0.4, 0.5) is 0 Å². The van der Waals surface area contributed by atoms with E-state index in [4.69, 9.17) is 9.47 Å². The summed E-state index contributed by atoms with van der Waals surface area (Å²) in [6.07, 6.45) is 5.51. The Morgan fingerprint density at radius 2 is 1.74 bits per heavy atom. The maximum atomic E-state index is 12.2. The highest BCUT2D eigenvalue weighted by Crippen LogP contribution is 2.30. The van der Waals surface area contributed by atoms with Gasteiger partial charge in [-0.25, -0.2) is 18.1 Å². The lowest BCUT2D eigenvalue weighted by Crippen LogP contribution is -2.33. The second-order valence-electron chi connectivity index (χ2n) is 8.83. The van der Waals surface area contributed by atoms with Crippen LogP contribution in [0.2, 0.25) is 0 Å². The summed E-state index contributed by atoms with van der Waals surface area (Å²) in [5.41, 5.74) is 3.13. The summed E-state index contributed by atoms with van der Waals surface area (Å²) in [5.74, 6) is 1.44. The number of hydrogen-bond donors (Lipinski definition) is 1. The molecule has 8 heteroatoms. The lowest BCUT2D eigenvalue weighted by molar-refractivity contribution is 0.0981. The van der Waals surface area contributed by atoms with Crippen molar-refractivity contribution in [3.05, 3.63) is 78.0 Å². The van der Waals surface area contributed by atoms with Crippen molar-refractivity contribution in [1.82, 2.24) is 9.71 Å². The quantitative estimate of drug-likeness (QED) is 0.466. The molecule has 0 unspecified atom stereocenters. The monoisotopic (exact) mass is 478 g/mol. The Hall–Kier alpha value is -3.39. The van der Waals surface area contributed by atoms with Gasteiger partial charge in [0, 0.05) is 23.4 Å². The van der Waals surface area contributed by atoms with Gasteiger partial charge in [0.05, 0.1) is 11.9 Å². The number of carbonyl (C=O) groups excluding carboxylic acids is 1. The van der Waals surface area contributed by atoms with Crippen LogP contribution < -0.4 is 14.2 Å². The van der Waals surface area contributed by atoms with Crippen LogP contribution in [-0.4, -0.2) is 31.2 Å². The van der Waals surface area contributed by atoms with Crippen LogP contribution >= 0.6 is 0 Å². The van der Waals surface area contributed by atoms with E-state index in [1.807, 2.05) is 36.4 Å². The van der Waals surface area contributed by atoms with Gasteiger partial charge >= 0.3 is 0 Å². The number of benzene rings is 2. The Morgan fingerprint density at radius 3 is 2.41 bits per heavy atom. The third-order valence-electron chi connectivity index (χ3n) is 5.89. The number of aromatic nitrogens is 1. The van der Waals surface area contributed by atoms with E-state index in [-0.39, 0.29) is 0 Å². The summed E-state index contributed by atoms with van der Waals surface area (Å²) in [5, 5.41) is -0.436. The van der Waals surface area contributed by atoms with Crippen molar-refractivity contribution in [3.8, 4) is 22.8 Å². The van der Waals surface area contributed by atoms with Crippen LogP contribution in [-0.2, 0) is 16.6 Å². The second kappa shape index (κ2) is 9.46. The number of carbonyl (C=O) groups is 1. The van der Waals surface area contributed by atoms with Crippen LogP contribution in [0.5, 0.6) is 11.6 Å². The maximum absolute atomic E-state index is 12.2. The maximum Gasteiger partial charge on any atom is 0.264 e. The molecule has 1 amide bonds. The van der Waals surface area contributed by atoms with Crippen molar-refractivity contribution in [2.75, 3.05) is 6.61 Å². The molecule has 1 aromatic heterocycles. The van der Waals surface area contributed by atoms with E-state index in [1.165, 1.54) is 12.8 Å². The van der Waals surface area contributed by atoms with Gasteiger partial charge < -0.3 is 9.47 Å². The number of sulfonamides is 1. The summed E-state index contributed by atoms with van der Waals surface area (Å²) in [6, 6.07) is 18.4. The molecule has 0 radical (unpaired) electrons. The van der Waals surface area contributed by atoms with E-state index < -0.39 is 21.2 Å². The van der Waals surface area contributed by atoms with E-state index in [1.54, 1.807) is 30.5 Å². The minimum atomic E-state index is -3.56. The molecule has 1 heterocycles. The van der Waals surface area contributed by atoms with Crippen molar-refractivity contribution >= 4 is 15.9 Å². The molecule has 2 aliphatic carbocycles. The first kappa shape index (κ1) is 22.4. The molecule has 7 nitrogen and oxygen atoms in total. The van der Waals surface area contributed by atoms with Crippen molar-refractivity contribution in [3.63, 3.8) is 0 Å². The van der Waals surface area contributed by atoms with Crippen LogP contribution in [0.3, 0.4) is 0 Å². The zero-order chi connectivity index (χ0) is 23.5. The molecule has 0 atom stereocenters. The Labute approximate surface area is 199 Å². The summed E-state index contributed by atoms with van der Waals surface area (Å²) in [4.78, 5) is 16.6. The lowest BCUT2D eigenvalue weighted by Gasteiger charge is -2.10. The molecular formula is C26H26N2O5S. The van der Waals surface area contributed by atoms with E-state index in [9.17, 15) is 13.2 Å². The summed E-state index contributed by atoms with van der Waals surface area (Å²) in [6.45, 7) is 1.05. The Kier molecular flexibility index (Phi) is 6.24. The molecule has 2 aromatic carbocycles. The van der Waals surface area contributed by atoms with Gasteiger partial charge in [0.2, 0.25) is 15.9 Å². The molecule has 2 saturated carbocycles. The zero-order valence-corrected chi connectivity index (χ0v) is 19.5. The Balaban J connectivity index is 1.17. The van der Waals surface area contributed by atoms with E-state index in [0.717, 1.165) is 23.3 Å². The smallest absolute Gasteiger partial charge is 0.264 e. The van der Waals surface area contributed by atoms with Gasteiger partial charge in [0.25, 0.3) is 5.91 Å². The highest BCUT2D eigenvalue weighted by molar-refractivity contribution is 7.91. The molecule has 0 bridgehead atoms. The SMILES string of the molecule is O=C(NS(=O)(=O)C1CC1)c1ccc(COc2cccc(-c3ccc(OCC4CC4)nc3)c2)cc1. The number of nitrogens with one attached hydrogen (secondary N) is 1. The van der Waals surface area contributed by atoms with Crippen molar-refractivity contribution in [1.29, 1.82) is 0 Å². The third-order valence-corrected chi connectivity index (χ3v) is 7.71. The van der Waals surface area contributed by atoms with Crippen LogP contribution in [0.25, 0.3) is 11.1 Å². The topological polar surface area (TPSA) is 94.6 Å². The van der Waals surface area contributed by atoms with Crippen molar-refractivity contribution in [2.24, 2.45) is 5.92 Å². The highest BCUT2D eigenvalue weighted by Gasteiger charge is 2.36. The van der Waals surface area contributed by atoms with Gasteiger partial charge in [-0.2, -0.15) is 0 Å². The summed E-state index contributed by atoms with van der Waals surface area (Å²) >= 11 is 0. The number of pyridine rings is 1. The van der Waals surface area contributed by atoms with Crippen LogP contribution in [0, 0.1) is 5.92 Å². The zero-order valence-electron chi connectivity index (χ0n) is 18.6. The van der Waals surface area contributed by atoms with Gasteiger partial charge in [0.15, 0.2) is 0 Å². The molecule has 5 rings (SSSR count). The molecule has 0 spiro atoms. The van der Waals surface area contributed by atoms with Gasteiger partial charge in [-0.05, 0) is 73.1 Å². The Bertz CT molecular complexity index is 1270. The average molecular weight is 479 g/mol. The number of rotatable bonds is 10. The number of ether oxygens (including phenoxy) is 2. The van der Waals surface area contributed by atoms with Crippen LogP contribution in [0.15, 0.2) is 66.9 Å². The molecule has 0 saturated heterocycles. The predicted octanol–water partition coefficient (Wildman–Crippen LogP) is 4.34. The molecule has 176 valence electrons. The van der Waals surface area contributed by atoms with Gasteiger partial charge in [-0.15, -0.1) is 0 Å². The van der Waals surface area contributed by atoms with Gasteiger partial charge in [0.1, 0.15) is 12.4 Å². The fourth-order valence-electron chi connectivity index (χ4n) is 3.46. The third kappa shape index (κ3) is 5.75. The molecule has 34 heavy (non-hydrogen) atoms. The highest BCUT2D eigenvalue weighted by atomic mass is 32.2. The number of nitrogens with zero attached hydrogens (tertiary/aromatic N) is 1. The van der Waals surface area contributed by atoms with Crippen molar-refractivity contribution in [2.45, 2.75) is 37.5 Å². The predicted molar refractivity (Wildman–Crippen MR) is 128 cm³/mol. The fraction of sp³-hybridized carbons (Fsp3) is 0.308. The lowest BCUT2D eigenvalue weighted by atomic mass is 10.1. The van der Waals surface area contributed by atoms with Crippen molar-refractivity contribution < 1.29 is 22.7 Å². The molecule has 0 aliphatic heterocycles. The second-order valence-corrected chi connectivity index (χ2v) is 10.8. The van der Waals surface area contributed by atoms with Gasteiger partial charge in [-0.1, -0.05) is 24.3 Å². The first-order valence-corrected chi connectivity index (χ1v) is 13.0. The van der Waals surface area contributed by atoms with E-state index in [2.05, 4.69) is 9.71 Å². The standard InChI is InChI=1S/C26H26N2O5S/c29-26(28-34(30,31)24-11-12-24)20-8-6-19(7-9-20)16-32-23-3-1-2-21(14-23)22-10-13-25(27-15-22)33-17-18-4-5-18/h1-3,6-10,13-15,18,24H,4-5,11-12,16-17H2,(H,28,29). The Morgan fingerprint density at radius 1 is 0.941 bits per heavy atom. The summed E-state index contributed by atoms with van der Waals surface area (Å²) < 4.78 is 37.7. The minimum Gasteiger partial charge on any atom is -0.489 e. The molecule has 3 aromatic rings. The molecular weight excluding hydrogens is 452 g/mol. The number of hydrogen-bond acceptors (Lipinski definition) is 6. The fourth-order valence-corrected chi connectivity index (χ4v) is 4.76. The minimum absolute atomic E-state index is 0.298. The number of amides is 1. The first-order chi connectivity index (χ1) is 16.5. The van der Waals surface area contributed by atoms with Gasteiger partial charge in [-0.3, -0.25) is 4.79 Å². The molecule has 1 N–H and O–H groups in total. The van der Waals surface area contributed by atoms with E-state index in [0.29, 0.717) is 42.6 Å². The van der Waals surface area contributed by atoms with E-state index >= 15 is 0 Å². The normalized spacial score (nSPS) is 15.5. The average Bonchev–Trinajstić information content (AvgIpc) is 3.76.